The van der Waals surface area contributed by atoms with Gasteiger partial charge in [-0.25, -0.2) is 9.98 Å². The lowest BCUT2D eigenvalue weighted by atomic mass is 9.87. The molecule has 2 aromatic carbocycles. The van der Waals surface area contributed by atoms with Gasteiger partial charge in [0.2, 0.25) is 17.8 Å². The van der Waals surface area contributed by atoms with Crippen LogP contribution in [0, 0.1) is 6.92 Å². The summed E-state index contributed by atoms with van der Waals surface area (Å²) in [5, 5.41) is 0. The summed E-state index contributed by atoms with van der Waals surface area (Å²) in [6.45, 7) is 2.05. The normalized spacial score (nSPS) is 18.7. The average molecular weight is 388 g/mol. The Morgan fingerprint density at radius 1 is 1.03 bits per heavy atom. The topological polar surface area (TPSA) is 106 Å². The van der Waals surface area contributed by atoms with Crippen molar-refractivity contribution in [3.8, 4) is 11.5 Å². The fourth-order valence-electron chi connectivity index (χ4n) is 4.48. The zero-order chi connectivity index (χ0) is 20.0. The molecule has 0 saturated heterocycles. The van der Waals surface area contributed by atoms with Gasteiger partial charge in [0, 0.05) is 11.3 Å². The van der Waals surface area contributed by atoms with Crippen LogP contribution in [0.5, 0.6) is 0 Å². The molecular formula is C22H24N6O. The van der Waals surface area contributed by atoms with Crippen LogP contribution < -0.4 is 16.4 Å². The minimum atomic E-state index is -0.468. The summed E-state index contributed by atoms with van der Waals surface area (Å²) < 4.78 is 6.02. The molecule has 2 heterocycles. The minimum absolute atomic E-state index is 0.255. The van der Waals surface area contributed by atoms with Crippen molar-refractivity contribution >= 4 is 28.7 Å². The van der Waals surface area contributed by atoms with E-state index in [1.54, 1.807) is 0 Å². The molecule has 0 unspecified atom stereocenters. The number of oxazole rings is 1. The van der Waals surface area contributed by atoms with Crippen LogP contribution in [0.3, 0.4) is 0 Å². The number of hydrogen-bond donors (Lipinski definition) is 2. The molecule has 29 heavy (non-hydrogen) atoms. The number of guanidine groups is 2. The molecule has 1 aliphatic heterocycles. The number of aromatic nitrogens is 1. The van der Waals surface area contributed by atoms with E-state index in [9.17, 15) is 0 Å². The van der Waals surface area contributed by atoms with E-state index in [1.165, 1.54) is 6.42 Å². The third kappa shape index (κ3) is 2.93. The van der Waals surface area contributed by atoms with Gasteiger partial charge in [-0.3, -0.25) is 4.90 Å². The monoisotopic (exact) mass is 388 g/mol. The van der Waals surface area contributed by atoms with E-state index in [0.717, 1.165) is 53.6 Å². The number of nitrogens with zero attached hydrogens (tertiary/aromatic N) is 4. The zero-order valence-electron chi connectivity index (χ0n) is 16.4. The van der Waals surface area contributed by atoms with Crippen LogP contribution >= 0.6 is 0 Å². The Bertz CT molecular complexity index is 1140. The van der Waals surface area contributed by atoms with Crippen LogP contribution in [-0.4, -0.2) is 22.6 Å². The van der Waals surface area contributed by atoms with Crippen molar-refractivity contribution in [3.05, 3.63) is 48.0 Å². The van der Waals surface area contributed by atoms with E-state index >= 15 is 0 Å². The highest BCUT2D eigenvalue weighted by Gasteiger charge is 2.42. The summed E-state index contributed by atoms with van der Waals surface area (Å²) in [6, 6.07) is 14.0. The Labute approximate surface area is 169 Å². The molecule has 0 radical (unpaired) electrons. The summed E-state index contributed by atoms with van der Waals surface area (Å²) in [6.07, 6.45) is 5.17. The summed E-state index contributed by atoms with van der Waals surface area (Å²) in [5.74, 6) is 1.25. The van der Waals surface area contributed by atoms with Crippen molar-refractivity contribution < 1.29 is 4.42 Å². The van der Waals surface area contributed by atoms with Crippen molar-refractivity contribution in [2.24, 2.45) is 21.5 Å². The van der Waals surface area contributed by atoms with E-state index in [-0.39, 0.29) is 5.96 Å². The molecule has 2 aliphatic rings. The molecule has 4 N–H and O–H groups in total. The van der Waals surface area contributed by atoms with Crippen LogP contribution in [0.1, 0.15) is 37.7 Å². The first kappa shape index (κ1) is 17.7. The highest BCUT2D eigenvalue weighted by Crippen LogP contribution is 2.40. The second-order valence-corrected chi connectivity index (χ2v) is 7.80. The smallest absolute Gasteiger partial charge is 0.227 e. The van der Waals surface area contributed by atoms with E-state index in [2.05, 4.69) is 18.0 Å². The molecule has 7 heteroatoms. The molecule has 1 spiro atoms. The third-order valence-electron chi connectivity index (χ3n) is 5.86. The van der Waals surface area contributed by atoms with Gasteiger partial charge in [-0.2, -0.15) is 4.99 Å². The third-order valence-corrected chi connectivity index (χ3v) is 5.86. The van der Waals surface area contributed by atoms with Crippen LogP contribution in [-0.2, 0) is 0 Å². The molecule has 1 aromatic heterocycles. The highest BCUT2D eigenvalue weighted by molar-refractivity contribution is 6.06. The minimum Gasteiger partial charge on any atom is -0.436 e. The van der Waals surface area contributed by atoms with E-state index in [1.807, 2.05) is 41.3 Å². The average Bonchev–Trinajstić information content (AvgIpc) is 3.11. The van der Waals surface area contributed by atoms with Gasteiger partial charge in [-0.15, -0.1) is 0 Å². The van der Waals surface area contributed by atoms with Crippen LogP contribution in [0.4, 0.5) is 5.69 Å². The summed E-state index contributed by atoms with van der Waals surface area (Å²) >= 11 is 0. The number of fused-ring (bicyclic) bond motifs is 1. The van der Waals surface area contributed by atoms with E-state index in [4.69, 9.17) is 25.9 Å². The lowest BCUT2D eigenvalue weighted by Gasteiger charge is -2.45. The van der Waals surface area contributed by atoms with Gasteiger partial charge in [0.25, 0.3) is 0 Å². The first-order valence-electron chi connectivity index (χ1n) is 10.0. The van der Waals surface area contributed by atoms with Gasteiger partial charge in [0.15, 0.2) is 5.58 Å². The van der Waals surface area contributed by atoms with Gasteiger partial charge in [-0.1, -0.05) is 24.6 Å². The number of aryl methyl sites for hydroxylation is 1. The van der Waals surface area contributed by atoms with Crippen LogP contribution in [0.2, 0.25) is 0 Å². The standard InChI is InChI=1S/C22H24N6O/c1-14-7-3-4-8-16(14)19-25-17-13-15(9-10-18(17)29-19)28-21(24)26-20(23)27-22(28)11-5-2-6-12-22/h3-4,7-10,13H,2,5-6,11-12H2,1H3,(H4,23,24,26,27). The lowest BCUT2D eigenvalue weighted by molar-refractivity contribution is 0.305. The molecule has 1 saturated carbocycles. The molecule has 1 aliphatic carbocycles. The van der Waals surface area contributed by atoms with E-state index in [0.29, 0.717) is 11.9 Å². The second-order valence-electron chi connectivity index (χ2n) is 7.80. The maximum absolute atomic E-state index is 6.34. The van der Waals surface area contributed by atoms with Gasteiger partial charge in [0.1, 0.15) is 11.2 Å². The van der Waals surface area contributed by atoms with Gasteiger partial charge in [-0.05, 0) is 62.4 Å². The Hall–Kier alpha value is -3.35. The van der Waals surface area contributed by atoms with Gasteiger partial charge >= 0.3 is 0 Å². The van der Waals surface area contributed by atoms with Crippen LogP contribution in [0.15, 0.2) is 56.9 Å². The predicted octanol–water partition coefficient (Wildman–Crippen LogP) is 3.91. The molecule has 5 rings (SSSR count). The molecule has 0 bridgehead atoms. The van der Waals surface area contributed by atoms with Crippen LogP contribution in [0.25, 0.3) is 22.6 Å². The Morgan fingerprint density at radius 2 is 1.83 bits per heavy atom. The molecular weight excluding hydrogens is 364 g/mol. The number of benzene rings is 2. The maximum atomic E-state index is 6.34. The number of nitrogens with two attached hydrogens (primary N) is 2. The van der Waals surface area contributed by atoms with E-state index < -0.39 is 5.66 Å². The Morgan fingerprint density at radius 3 is 2.62 bits per heavy atom. The second kappa shape index (κ2) is 6.62. The summed E-state index contributed by atoms with van der Waals surface area (Å²) in [7, 11) is 0. The van der Waals surface area contributed by atoms with Crippen molar-refractivity contribution in [2.75, 3.05) is 4.90 Å². The number of rotatable bonds is 2. The fourth-order valence-corrected chi connectivity index (χ4v) is 4.48. The molecule has 7 nitrogen and oxygen atoms in total. The quantitative estimate of drug-likeness (QED) is 0.692. The SMILES string of the molecule is Cc1ccccc1-c1nc2cc(N3C(N)=NC(N)=NC34CCCCC4)ccc2o1. The van der Waals surface area contributed by atoms with Gasteiger partial charge in [0.05, 0.1) is 0 Å². The predicted molar refractivity (Wildman–Crippen MR) is 116 cm³/mol. The molecule has 148 valence electrons. The number of anilines is 1. The summed E-state index contributed by atoms with van der Waals surface area (Å²) in [5.41, 5.74) is 16.4. The van der Waals surface area contributed by atoms with Crippen molar-refractivity contribution in [3.63, 3.8) is 0 Å². The number of aliphatic imine (C=N–C) groups is 2. The molecule has 3 aromatic rings. The number of hydrogen-bond acceptors (Lipinski definition) is 7. The zero-order valence-corrected chi connectivity index (χ0v) is 16.4. The van der Waals surface area contributed by atoms with Crippen molar-refractivity contribution in [2.45, 2.75) is 44.7 Å². The van der Waals surface area contributed by atoms with Crippen molar-refractivity contribution in [1.82, 2.24) is 4.98 Å². The van der Waals surface area contributed by atoms with Crippen molar-refractivity contribution in [1.29, 1.82) is 0 Å². The Kier molecular flexibility index (Phi) is 4.04. The summed E-state index contributed by atoms with van der Waals surface area (Å²) in [4.78, 5) is 15.7. The lowest BCUT2D eigenvalue weighted by Crippen LogP contribution is -2.58. The fraction of sp³-hybridized carbons (Fsp3) is 0.318. The maximum Gasteiger partial charge on any atom is 0.227 e. The van der Waals surface area contributed by atoms with Gasteiger partial charge < -0.3 is 15.9 Å². The first-order valence-corrected chi connectivity index (χ1v) is 10.0. The highest BCUT2D eigenvalue weighted by atomic mass is 16.3. The molecule has 0 atom stereocenters. The molecule has 0 amide bonds. The largest absolute Gasteiger partial charge is 0.436 e. The Balaban J connectivity index is 1.59. The molecule has 1 fully saturated rings. The first-order chi connectivity index (χ1) is 14.1.